The topological polar surface area (TPSA) is 76.1 Å². The predicted octanol–water partition coefficient (Wildman–Crippen LogP) is 4.18. The first-order valence-electron chi connectivity index (χ1n) is 7.90. The van der Waals surface area contributed by atoms with Gasteiger partial charge in [-0.1, -0.05) is 6.07 Å². The van der Waals surface area contributed by atoms with Gasteiger partial charge in [0.25, 0.3) is 5.91 Å². The van der Waals surface area contributed by atoms with Crippen molar-refractivity contribution in [2.45, 2.75) is 30.4 Å². The molecule has 0 atom stereocenters. The van der Waals surface area contributed by atoms with Gasteiger partial charge < -0.3 is 5.32 Å². The third-order valence-corrected chi connectivity index (χ3v) is 7.50. The lowest BCUT2D eigenvalue weighted by Gasteiger charge is -2.06. The molecule has 1 heterocycles. The first-order chi connectivity index (χ1) is 12.2. The van der Waals surface area contributed by atoms with Crippen LogP contribution in [-0.2, 0) is 9.84 Å². The normalized spacial score (nSPS) is 11.9. The minimum absolute atomic E-state index is 0.0617. The zero-order chi connectivity index (χ0) is 19.1. The van der Waals surface area contributed by atoms with Crippen molar-refractivity contribution in [2.24, 2.45) is 0 Å². The van der Waals surface area contributed by atoms with Crippen LogP contribution in [0.4, 0.5) is 10.1 Å². The van der Waals surface area contributed by atoms with Gasteiger partial charge in [0, 0.05) is 11.3 Å². The van der Waals surface area contributed by atoms with Gasteiger partial charge in [0.05, 0.1) is 15.5 Å². The molecule has 0 radical (unpaired) electrons. The maximum atomic E-state index is 13.6. The van der Waals surface area contributed by atoms with Gasteiger partial charge in [0.2, 0.25) is 14.2 Å². The highest BCUT2D eigenvalue weighted by atomic mass is 32.2. The molecule has 0 saturated heterocycles. The number of amides is 1. The number of thiazole rings is 1. The second kappa shape index (κ2) is 6.77. The lowest BCUT2D eigenvalue weighted by molar-refractivity contribution is 0.102. The summed E-state index contributed by atoms with van der Waals surface area (Å²) in [7, 11) is -3.45. The number of sulfone groups is 1. The van der Waals surface area contributed by atoms with Crippen LogP contribution < -0.4 is 5.32 Å². The van der Waals surface area contributed by atoms with Crippen molar-refractivity contribution in [3.8, 4) is 0 Å². The Bertz CT molecular complexity index is 1100. The van der Waals surface area contributed by atoms with Crippen molar-refractivity contribution in [1.82, 2.24) is 4.98 Å². The van der Waals surface area contributed by atoms with E-state index >= 15 is 0 Å². The number of aryl methyl sites for hydroxylation is 1. The first-order valence-corrected chi connectivity index (χ1v) is 10.3. The van der Waals surface area contributed by atoms with Gasteiger partial charge >= 0.3 is 0 Å². The van der Waals surface area contributed by atoms with Crippen LogP contribution >= 0.6 is 11.3 Å². The predicted molar refractivity (Wildman–Crippen MR) is 101 cm³/mol. The largest absolute Gasteiger partial charge is 0.322 e. The minimum Gasteiger partial charge on any atom is -0.322 e. The van der Waals surface area contributed by atoms with E-state index in [-0.39, 0.29) is 9.90 Å². The van der Waals surface area contributed by atoms with E-state index in [1.165, 1.54) is 6.07 Å². The molecular formula is C18H17FN2O3S2. The molecule has 26 heavy (non-hydrogen) atoms. The van der Waals surface area contributed by atoms with Crippen molar-refractivity contribution in [3.05, 3.63) is 53.3 Å². The summed E-state index contributed by atoms with van der Waals surface area (Å²) in [4.78, 5) is 16.5. The summed E-state index contributed by atoms with van der Waals surface area (Å²) in [6, 6.07) is 9.22. The van der Waals surface area contributed by atoms with Gasteiger partial charge in [0.1, 0.15) is 5.82 Å². The van der Waals surface area contributed by atoms with Crippen LogP contribution in [0.25, 0.3) is 10.2 Å². The number of anilines is 1. The van der Waals surface area contributed by atoms with E-state index < -0.39 is 26.8 Å². The molecule has 0 saturated carbocycles. The Hall–Kier alpha value is -2.32. The Kier molecular flexibility index (Phi) is 4.81. The summed E-state index contributed by atoms with van der Waals surface area (Å²) >= 11 is 1.06. The molecule has 2 aromatic carbocycles. The molecule has 1 aromatic heterocycles. The van der Waals surface area contributed by atoms with Gasteiger partial charge in [-0.15, -0.1) is 11.3 Å². The molecule has 0 spiro atoms. The average molecular weight is 392 g/mol. The van der Waals surface area contributed by atoms with Gasteiger partial charge in [0.15, 0.2) is 0 Å². The van der Waals surface area contributed by atoms with Crippen LogP contribution in [0, 0.1) is 12.7 Å². The molecule has 3 rings (SSSR count). The van der Waals surface area contributed by atoms with Gasteiger partial charge in [-0.2, -0.15) is 0 Å². The summed E-state index contributed by atoms with van der Waals surface area (Å²) in [5.74, 6) is -0.887. The van der Waals surface area contributed by atoms with Crippen LogP contribution in [0.15, 0.2) is 40.7 Å². The Morgan fingerprint density at radius 3 is 2.58 bits per heavy atom. The zero-order valence-corrected chi connectivity index (χ0v) is 16.0. The molecule has 0 aliphatic carbocycles. The van der Waals surface area contributed by atoms with Gasteiger partial charge in [-0.25, -0.2) is 17.8 Å². The number of nitrogens with one attached hydrogen (secondary N) is 1. The quantitative estimate of drug-likeness (QED) is 0.723. The number of nitrogens with zero attached hydrogens (tertiary/aromatic N) is 1. The summed E-state index contributed by atoms with van der Waals surface area (Å²) in [5, 5.41) is 2.13. The number of aromatic nitrogens is 1. The molecule has 0 aliphatic rings. The van der Waals surface area contributed by atoms with Crippen molar-refractivity contribution < 1.29 is 17.6 Å². The number of carbonyl (C=O) groups excluding carboxylic acids is 1. The number of hydrogen-bond donors (Lipinski definition) is 1. The standard InChI is InChI=1S/C18H17FN2O3S2/c1-10(2)26(23,24)18-21-15-7-6-13(9-16(15)25-18)20-17(22)12-5-4-11(3)14(19)8-12/h4-10H,1-3H3,(H,20,22). The van der Waals surface area contributed by atoms with Crippen molar-refractivity contribution in [3.63, 3.8) is 0 Å². The summed E-state index contributed by atoms with van der Waals surface area (Å²) < 4.78 is 38.8. The number of hydrogen-bond acceptors (Lipinski definition) is 5. The molecule has 0 aliphatic heterocycles. The molecule has 1 N–H and O–H groups in total. The fourth-order valence-electron chi connectivity index (χ4n) is 2.24. The van der Waals surface area contributed by atoms with Gasteiger partial charge in [-0.3, -0.25) is 4.79 Å². The Labute approximate surface area is 154 Å². The molecule has 0 unspecified atom stereocenters. The van der Waals surface area contributed by atoms with Crippen LogP contribution in [0.1, 0.15) is 29.8 Å². The summed E-state index contributed by atoms with van der Waals surface area (Å²) in [6.07, 6.45) is 0. The average Bonchev–Trinajstić information content (AvgIpc) is 3.01. The molecule has 0 bridgehead atoms. The maximum absolute atomic E-state index is 13.6. The zero-order valence-electron chi connectivity index (χ0n) is 14.4. The van der Waals surface area contributed by atoms with Crippen LogP contribution in [0.3, 0.4) is 0 Å². The monoisotopic (exact) mass is 392 g/mol. The van der Waals surface area contributed by atoms with E-state index in [0.29, 0.717) is 21.5 Å². The molecule has 1 amide bonds. The molecular weight excluding hydrogens is 375 g/mol. The van der Waals surface area contributed by atoms with Crippen molar-refractivity contribution in [1.29, 1.82) is 0 Å². The van der Waals surface area contributed by atoms with E-state index in [1.54, 1.807) is 51.1 Å². The number of fused-ring (bicyclic) bond motifs is 1. The highest BCUT2D eigenvalue weighted by Gasteiger charge is 2.23. The van der Waals surface area contributed by atoms with Gasteiger partial charge in [-0.05, 0) is 56.7 Å². The van der Waals surface area contributed by atoms with E-state index in [2.05, 4.69) is 10.3 Å². The fourth-order valence-corrected chi connectivity index (χ4v) is 4.92. The molecule has 5 nitrogen and oxygen atoms in total. The lowest BCUT2D eigenvalue weighted by atomic mass is 10.1. The van der Waals surface area contributed by atoms with E-state index in [9.17, 15) is 17.6 Å². The fraction of sp³-hybridized carbons (Fsp3) is 0.222. The van der Waals surface area contributed by atoms with Crippen LogP contribution in [-0.4, -0.2) is 24.6 Å². The molecule has 8 heteroatoms. The third-order valence-electron chi connectivity index (χ3n) is 3.92. The molecule has 136 valence electrons. The highest BCUT2D eigenvalue weighted by Crippen LogP contribution is 2.30. The third kappa shape index (κ3) is 3.47. The first kappa shape index (κ1) is 18.5. The minimum atomic E-state index is -3.45. The Morgan fingerprint density at radius 2 is 1.92 bits per heavy atom. The Balaban J connectivity index is 1.89. The smallest absolute Gasteiger partial charge is 0.255 e. The molecule has 0 fully saturated rings. The lowest BCUT2D eigenvalue weighted by Crippen LogP contribution is -2.13. The van der Waals surface area contributed by atoms with Crippen LogP contribution in [0.5, 0.6) is 0 Å². The highest BCUT2D eigenvalue weighted by molar-refractivity contribution is 7.94. The van der Waals surface area contributed by atoms with Crippen molar-refractivity contribution in [2.75, 3.05) is 5.32 Å². The summed E-state index contributed by atoms with van der Waals surface area (Å²) in [6.45, 7) is 4.83. The van der Waals surface area contributed by atoms with E-state index in [4.69, 9.17) is 0 Å². The second-order valence-electron chi connectivity index (χ2n) is 6.17. The number of carbonyl (C=O) groups is 1. The SMILES string of the molecule is Cc1ccc(C(=O)Nc2ccc3nc(S(=O)(=O)C(C)C)sc3c2)cc1F. The molecule has 3 aromatic rings. The van der Waals surface area contributed by atoms with E-state index in [0.717, 1.165) is 11.3 Å². The summed E-state index contributed by atoms with van der Waals surface area (Å²) in [5.41, 5.74) is 1.71. The number of rotatable bonds is 4. The second-order valence-corrected chi connectivity index (χ2v) is 9.88. The number of benzene rings is 2. The Morgan fingerprint density at radius 1 is 1.19 bits per heavy atom. The van der Waals surface area contributed by atoms with E-state index in [1.807, 2.05) is 0 Å². The maximum Gasteiger partial charge on any atom is 0.255 e. The van der Waals surface area contributed by atoms with Crippen molar-refractivity contribution >= 4 is 43.0 Å². The number of halogens is 1. The van der Waals surface area contributed by atoms with Crippen LogP contribution in [0.2, 0.25) is 0 Å².